The second-order valence-electron chi connectivity index (χ2n) is 6.53. The van der Waals surface area contributed by atoms with E-state index >= 15 is 0 Å². The summed E-state index contributed by atoms with van der Waals surface area (Å²) in [7, 11) is 0. The van der Waals surface area contributed by atoms with Crippen molar-refractivity contribution in [3.05, 3.63) is 111 Å². The number of amides is 2. The van der Waals surface area contributed by atoms with Crippen LogP contribution in [-0.2, 0) is 10.5 Å². The van der Waals surface area contributed by atoms with Gasteiger partial charge in [0, 0.05) is 33.4 Å². The van der Waals surface area contributed by atoms with Crippen molar-refractivity contribution in [2.75, 3.05) is 0 Å². The zero-order valence-electron chi connectivity index (χ0n) is 16.7. The standard InChI is InChI=1S/C23H18ClN3O4S/c24-19-10-12-20(13-11-19)32-15-16-5-7-18(8-6-16)23(29)26-25-22(28)14-9-17-3-1-2-4-21(17)27(30)31/h1-14H,15H2,(H,25,28)(H,26,29)/b14-9+. The van der Waals surface area contributed by atoms with Gasteiger partial charge in [-0.05, 0) is 54.1 Å². The molecule has 3 aromatic carbocycles. The summed E-state index contributed by atoms with van der Waals surface area (Å²) in [5, 5.41) is 11.7. The fraction of sp³-hybridized carbons (Fsp3) is 0.0435. The van der Waals surface area contributed by atoms with E-state index in [4.69, 9.17) is 11.6 Å². The SMILES string of the molecule is O=C(/C=C/c1ccccc1[N+](=O)[O-])NNC(=O)c1ccc(CSc2ccc(Cl)cc2)cc1. The van der Waals surface area contributed by atoms with Crippen molar-refractivity contribution >= 4 is 46.9 Å². The number of hydrogen-bond acceptors (Lipinski definition) is 5. The minimum atomic E-state index is -0.618. The van der Waals surface area contributed by atoms with Crippen molar-refractivity contribution < 1.29 is 14.5 Å². The van der Waals surface area contributed by atoms with Crippen LogP contribution in [0.3, 0.4) is 0 Å². The van der Waals surface area contributed by atoms with E-state index in [1.807, 2.05) is 36.4 Å². The van der Waals surface area contributed by atoms with Gasteiger partial charge in [0.25, 0.3) is 17.5 Å². The van der Waals surface area contributed by atoms with Gasteiger partial charge in [-0.1, -0.05) is 35.9 Å². The smallest absolute Gasteiger partial charge is 0.268 e. The molecule has 0 fully saturated rings. The Labute approximate surface area is 193 Å². The van der Waals surface area contributed by atoms with Crippen molar-refractivity contribution in [3.63, 3.8) is 0 Å². The lowest BCUT2D eigenvalue weighted by Crippen LogP contribution is -2.40. The average Bonchev–Trinajstić information content (AvgIpc) is 2.81. The van der Waals surface area contributed by atoms with E-state index in [2.05, 4.69) is 10.9 Å². The first-order valence-corrected chi connectivity index (χ1v) is 10.8. The fourth-order valence-electron chi connectivity index (χ4n) is 2.64. The quantitative estimate of drug-likeness (QED) is 0.220. The Hall–Kier alpha value is -3.62. The molecule has 32 heavy (non-hydrogen) atoms. The summed E-state index contributed by atoms with van der Waals surface area (Å²) in [6.45, 7) is 0. The van der Waals surface area contributed by atoms with Gasteiger partial charge < -0.3 is 0 Å². The topological polar surface area (TPSA) is 101 Å². The highest BCUT2D eigenvalue weighted by atomic mass is 35.5. The van der Waals surface area contributed by atoms with Crippen molar-refractivity contribution in [1.29, 1.82) is 0 Å². The molecule has 3 rings (SSSR count). The maximum Gasteiger partial charge on any atom is 0.276 e. The van der Waals surface area contributed by atoms with Crippen LogP contribution in [-0.4, -0.2) is 16.7 Å². The molecule has 0 atom stereocenters. The number of carbonyl (C=O) groups excluding carboxylic acids is 2. The Morgan fingerprint density at radius 1 is 0.969 bits per heavy atom. The van der Waals surface area contributed by atoms with Crippen LogP contribution in [0.5, 0.6) is 0 Å². The summed E-state index contributed by atoms with van der Waals surface area (Å²) in [6, 6.07) is 20.6. The lowest BCUT2D eigenvalue weighted by molar-refractivity contribution is -0.385. The summed E-state index contributed by atoms with van der Waals surface area (Å²) in [4.78, 5) is 35.7. The molecule has 0 aliphatic heterocycles. The third-order valence-electron chi connectivity index (χ3n) is 4.28. The number of para-hydroxylation sites is 1. The molecular weight excluding hydrogens is 450 g/mol. The number of benzene rings is 3. The highest BCUT2D eigenvalue weighted by molar-refractivity contribution is 7.98. The molecule has 0 heterocycles. The second kappa shape index (κ2) is 11.1. The Morgan fingerprint density at radius 3 is 2.34 bits per heavy atom. The first-order valence-electron chi connectivity index (χ1n) is 9.41. The molecule has 0 unspecified atom stereocenters. The zero-order chi connectivity index (χ0) is 22.9. The number of thioether (sulfide) groups is 1. The number of carbonyl (C=O) groups is 2. The zero-order valence-corrected chi connectivity index (χ0v) is 18.2. The fourth-order valence-corrected chi connectivity index (χ4v) is 3.62. The molecule has 2 N–H and O–H groups in total. The molecule has 162 valence electrons. The van der Waals surface area contributed by atoms with Gasteiger partial charge >= 0.3 is 0 Å². The van der Waals surface area contributed by atoms with Gasteiger partial charge in [0.15, 0.2) is 0 Å². The second-order valence-corrected chi connectivity index (χ2v) is 8.02. The molecule has 0 spiro atoms. The van der Waals surface area contributed by atoms with Crippen molar-refractivity contribution in [2.45, 2.75) is 10.6 Å². The first kappa shape index (κ1) is 23.1. The summed E-state index contributed by atoms with van der Waals surface area (Å²) in [6.07, 6.45) is 2.42. The van der Waals surface area contributed by atoms with E-state index in [0.29, 0.717) is 10.6 Å². The number of nitro benzene ring substituents is 1. The molecule has 0 bridgehead atoms. The monoisotopic (exact) mass is 467 g/mol. The number of halogens is 1. The molecular formula is C23H18ClN3O4S. The number of hydrogen-bond donors (Lipinski definition) is 2. The number of hydrazine groups is 1. The number of rotatable bonds is 7. The Bertz CT molecular complexity index is 1150. The third kappa shape index (κ3) is 6.69. The predicted molar refractivity (Wildman–Crippen MR) is 125 cm³/mol. The Balaban J connectivity index is 1.49. The molecule has 9 heteroatoms. The number of nitro groups is 1. The highest BCUT2D eigenvalue weighted by Crippen LogP contribution is 2.24. The molecule has 0 saturated heterocycles. The summed E-state index contributed by atoms with van der Waals surface area (Å²) in [5.41, 5.74) is 6.16. The third-order valence-corrected chi connectivity index (χ3v) is 5.62. The van der Waals surface area contributed by atoms with Gasteiger partial charge in [-0.2, -0.15) is 0 Å². The Morgan fingerprint density at radius 2 is 1.66 bits per heavy atom. The van der Waals surface area contributed by atoms with Crippen LogP contribution < -0.4 is 10.9 Å². The van der Waals surface area contributed by atoms with Crippen LogP contribution >= 0.6 is 23.4 Å². The van der Waals surface area contributed by atoms with Gasteiger partial charge in [-0.25, -0.2) is 0 Å². The lowest BCUT2D eigenvalue weighted by atomic mass is 10.1. The summed E-state index contributed by atoms with van der Waals surface area (Å²) < 4.78 is 0. The predicted octanol–water partition coefficient (Wildman–Crippen LogP) is 5.01. The molecule has 0 radical (unpaired) electrons. The number of nitrogens with one attached hydrogen (secondary N) is 2. The molecule has 0 aromatic heterocycles. The van der Waals surface area contributed by atoms with Crippen LogP contribution in [0.1, 0.15) is 21.5 Å². The number of nitrogens with zero attached hydrogens (tertiary/aromatic N) is 1. The largest absolute Gasteiger partial charge is 0.276 e. The van der Waals surface area contributed by atoms with Gasteiger partial charge in [-0.3, -0.25) is 30.6 Å². The minimum absolute atomic E-state index is 0.116. The van der Waals surface area contributed by atoms with Gasteiger partial charge in [0.1, 0.15) is 0 Å². The van der Waals surface area contributed by atoms with E-state index in [-0.39, 0.29) is 11.3 Å². The van der Waals surface area contributed by atoms with E-state index in [1.165, 1.54) is 24.3 Å². The average molecular weight is 468 g/mol. The first-order chi connectivity index (χ1) is 15.4. The molecule has 2 amide bonds. The van der Waals surface area contributed by atoms with E-state index in [0.717, 1.165) is 22.3 Å². The summed E-state index contributed by atoms with van der Waals surface area (Å²) in [5.74, 6) is -0.363. The van der Waals surface area contributed by atoms with Gasteiger partial charge in [0.2, 0.25) is 0 Å². The molecule has 3 aromatic rings. The normalized spacial score (nSPS) is 10.7. The van der Waals surface area contributed by atoms with Crippen LogP contribution in [0, 0.1) is 10.1 Å². The lowest BCUT2D eigenvalue weighted by Gasteiger charge is -2.07. The Kier molecular flexibility index (Phi) is 8.02. The van der Waals surface area contributed by atoms with E-state index in [1.54, 1.807) is 30.0 Å². The van der Waals surface area contributed by atoms with Crippen molar-refractivity contribution in [2.24, 2.45) is 0 Å². The van der Waals surface area contributed by atoms with Gasteiger partial charge in [0.05, 0.1) is 10.5 Å². The van der Waals surface area contributed by atoms with Crippen LogP contribution in [0.25, 0.3) is 6.08 Å². The van der Waals surface area contributed by atoms with Crippen molar-refractivity contribution in [1.82, 2.24) is 10.9 Å². The van der Waals surface area contributed by atoms with Crippen LogP contribution in [0.15, 0.2) is 83.8 Å². The maximum absolute atomic E-state index is 12.2. The van der Waals surface area contributed by atoms with E-state index in [9.17, 15) is 19.7 Å². The molecule has 0 aliphatic rings. The van der Waals surface area contributed by atoms with Crippen molar-refractivity contribution in [3.8, 4) is 0 Å². The minimum Gasteiger partial charge on any atom is -0.268 e. The van der Waals surface area contributed by atoms with Crippen LogP contribution in [0.2, 0.25) is 5.02 Å². The highest BCUT2D eigenvalue weighted by Gasteiger charge is 2.10. The maximum atomic E-state index is 12.2. The summed E-state index contributed by atoms with van der Waals surface area (Å²) >= 11 is 7.53. The molecule has 7 nitrogen and oxygen atoms in total. The van der Waals surface area contributed by atoms with Crippen LogP contribution in [0.4, 0.5) is 5.69 Å². The molecule has 0 aliphatic carbocycles. The molecule has 0 saturated carbocycles. The van der Waals surface area contributed by atoms with E-state index < -0.39 is 16.7 Å². The van der Waals surface area contributed by atoms with Gasteiger partial charge in [-0.15, -0.1) is 11.8 Å².